The summed E-state index contributed by atoms with van der Waals surface area (Å²) in [7, 11) is 6.95. The minimum absolute atomic E-state index is 0.115. The van der Waals surface area contributed by atoms with Crippen LogP contribution in [0.15, 0.2) is 29.4 Å². The maximum atomic E-state index is 12.7. The zero-order valence-electron chi connectivity index (χ0n) is 36.4. The molecule has 2 N–H and O–H groups in total. The van der Waals surface area contributed by atoms with E-state index in [9.17, 15) is 43.7 Å². The molecule has 1 rings (SSSR count). The molecule has 352 valence electrons. The van der Waals surface area contributed by atoms with E-state index in [4.69, 9.17) is 34.0 Å². The van der Waals surface area contributed by atoms with Gasteiger partial charge in [0.05, 0.1) is 97.1 Å². The van der Waals surface area contributed by atoms with Crippen molar-refractivity contribution in [3.63, 3.8) is 0 Å². The van der Waals surface area contributed by atoms with E-state index in [1.807, 2.05) is 0 Å². The number of benzene rings is 1. The van der Waals surface area contributed by atoms with Crippen LogP contribution in [0.25, 0.3) is 10.4 Å². The van der Waals surface area contributed by atoms with Crippen LogP contribution in [0.2, 0.25) is 0 Å². The molecule has 63 heavy (non-hydrogen) atoms. The highest BCUT2D eigenvalue weighted by Gasteiger charge is 2.23. The molecule has 0 saturated heterocycles. The number of nitrogens with one attached hydrogen (secondary N) is 2. The van der Waals surface area contributed by atoms with Gasteiger partial charge in [-0.2, -0.15) is 0 Å². The molecule has 0 radical (unpaired) electrons. The molecule has 0 saturated carbocycles. The highest BCUT2D eigenvalue weighted by Crippen LogP contribution is 2.17. The quantitative estimate of drug-likeness (QED) is 0.0211. The van der Waals surface area contributed by atoms with E-state index in [0.717, 1.165) is 24.5 Å². The molecule has 0 aliphatic rings. The van der Waals surface area contributed by atoms with Crippen molar-refractivity contribution in [1.29, 1.82) is 0 Å². The summed E-state index contributed by atoms with van der Waals surface area (Å²) in [5, 5.41) is 19.1. The van der Waals surface area contributed by atoms with Crippen LogP contribution in [0.4, 0.5) is 10.5 Å². The van der Waals surface area contributed by atoms with Crippen molar-refractivity contribution in [3.05, 3.63) is 44.8 Å². The predicted molar refractivity (Wildman–Crippen MR) is 221 cm³/mol. The van der Waals surface area contributed by atoms with Crippen LogP contribution in [0.1, 0.15) is 6.42 Å². The highest BCUT2D eigenvalue weighted by atomic mass is 16.6. The number of nitro groups is 1. The van der Waals surface area contributed by atoms with Crippen molar-refractivity contribution in [3.8, 4) is 5.75 Å². The largest absolute Gasteiger partial charge is 0.412 e. The number of nitrogens with zero attached hydrogens (tertiary/aromatic N) is 9. The van der Waals surface area contributed by atoms with Gasteiger partial charge in [0.1, 0.15) is 12.4 Å². The number of likely N-dealkylation sites (N-methyl/N-ethyl adjacent to an activating group) is 5. The summed E-state index contributed by atoms with van der Waals surface area (Å²) in [5.41, 5.74) is 8.15. The topological polar surface area (TPSA) is 307 Å². The average molecular weight is 898 g/mol. The monoisotopic (exact) mass is 897 g/mol. The highest BCUT2D eigenvalue weighted by molar-refractivity contribution is 5.91. The number of non-ortho nitro benzene ring substituents is 1. The molecule has 0 aliphatic heterocycles. The van der Waals surface area contributed by atoms with Gasteiger partial charge in [-0.25, -0.2) is 4.79 Å². The number of hydrogen-bond donors (Lipinski definition) is 2. The van der Waals surface area contributed by atoms with Crippen LogP contribution in [0.5, 0.6) is 5.75 Å². The molecule has 0 atom stereocenters. The third-order valence-electron chi connectivity index (χ3n) is 8.31. The molecule has 7 amide bonds. The lowest BCUT2D eigenvalue weighted by Crippen LogP contribution is -2.48. The minimum Gasteiger partial charge on any atom is -0.410 e. The summed E-state index contributed by atoms with van der Waals surface area (Å²) >= 11 is 0. The number of rotatable bonds is 33. The van der Waals surface area contributed by atoms with E-state index in [-0.39, 0.29) is 96.8 Å². The van der Waals surface area contributed by atoms with E-state index >= 15 is 0 Å². The lowest BCUT2D eigenvalue weighted by molar-refractivity contribution is -0.384. The Balaban J connectivity index is 2.09. The summed E-state index contributed by atoms with van der Waals surface area (Å²) in [5.74, 6) is -2.86. The molecular formula is C37H59N11O15. The second kappa shape index (κ2) is 32.5. The van der Waals surface area contributed by atoms with E-state index in [0.29, 0.717) is 39.5 Å². The van der Waals surface area contributed by atoms with Crippen molar-refractivity contribution in [1.82, 2.24) is 35.1 Å². The third kappa shape index (κ3) is 26.0. The van der Waals surface area contributed by atoms with Gasteiger partial charge >= 0.3 is 6.09 Å². The zero-order valence-corrected chi connectivity index (χ0v) is 36.4. The standard InChI is InChI=1S/C37H59N11O15/c1-43(23-31(49)39-11-6-12-41-42-38)32(50)24-44(2)33(51)25-45(3)34(52)26-46(4)35(53)27-47(5)36(54)28-62-22-21-61-20-19-60-18-17-59-16-15-58-14-13-40-37(55)63-30-9-7-29(8-10-30)48(56)57/h7-10H,6,11-28H2,1-5H3,(H,39,49)(H,40,55). The minimum atomic E-state index is -0.719. The summed E-state index contributed by atoms with van der Waals surface area (Å²) in [6.45, 7) is 1.10. The van der Waals surface area contributed by atoms with Gasteiger partial charge in [0.25, 0.3) is 5.69 Å². The first-order valence-corrected chi connectivity index (χ1v) is 19.6. The second-order valence-electron chi connectivity index (χ2n) is 13.5. The lowest BCUT2D eigenvalue weighted by atomic mass is 10.3. The fraction of sp³-hybridized carbons (Fsp3) is 0.649. The van der Waals surface area contributed by atoms with Crippen LogP contribution in [-0.4, -0.2) is 225 Å². The summed E-state index contributed by atoms with van der Waals surface area (Å²) in [4.78, 5) is 105. The van der Waals surface area contributed by atoms with Gasteiger partial charge in [-0.1, -0.05) is 5.11 Å². The fourth-order valence-electron chi connectivity index (χ4n) is 4.58. The molecule has 0 heterocycles. The molecule has 1 aromatic rings. The van der Waals surface area contributed by atoms with Crippen LogP contribution in [0.3, 0.4) is 0 Å². The molecule has 0 aliphatic carbocycles. The molecule has 1 aromatic carbocycles. The predicted octanol–water partition coefficient (Wildman–Crippen LogP) is -1.13. The first-order chi connectivity index (χ1) is 30.0. The first kappa shape index (κ1) is 54.8. The Hall–Kier alpha value is -6.18. The zero-order chi connectivity index (χ0) is 47.0. The van der Waals surface area contributed by atoms with E-state index in [1.54, 1.807) is 0 Å². The van der Waals surface area contributed by atoms with E-state index in [1.165, 1.54) is 59.5 Å². The Bertz CT molecular complexity index is 1670. The van der Waals surface area contributed by atoms with Crippen LogP contribution >= 0.6 is 0 Å². The molecule has 0 unspecified atom stereocenters. The van der Waals surface area contributed by atoms with E-state index in [2.05, 4.69) is 20.7 Å². The number of hydrogen-bond acceptors (Lipinski definition) is 16. The van der Waals surface area contributed by atoms with Gasteiger partial charge in [0, 0.05) is 71.9 Å². The fourth-order valence-corrected chi connectivity index (χ4v) is 4.58. The van der Waals surface area contributed by atoms with Crippen LogP contribution in [-0.2, 0) is 52.5 Å². The molecule has 0 bridgehead atoms. The Kier molecular flexibility index (Phi) is 28.3. The number of nitro benzene ring substituents is 1. The van der Waals surface area contributed by atoms with Crippen molar-refractivity contribution in [2.45, 2.75) is 6.42 Å². The molecule has 0 fully saturated rings. The van der Waals surface area contributed by atoms with Gasteiger partial charge in [0.15, 0.2) is 0 Å². The second-order valence-corrected chi connectivity index (χ2v) is 13.5. The number of carbonyl (C=O) groups excluding carboxylic acids is 7. The third-order valence-corrected chi connectivity index (χ3v) is 8.31. The number of azide groups is 1. The van der Waals surface area contributed by atoms with Crippen LogP contribution in [0, 0.1) is 10.1 Å². The van der Waals surface area contributed by atoms with Gasteiger partial charge in [0.2, 0.25) is 35.4 Å². The maximum absolute atomic E-state index is 12.7. The van der Waals surface area contributed by atoms with Gasteiger partial charge in [-0.15, -0.1) is 0 Å². The SMILES string of the molecule is CN(CC(=O)NCCCN=[N+]=[N-])C(=O)CN(C)C(=O)CN(C)C(=O)CN(C)C(=O)CN(C)C(=O)COCCOCCOCCOCCOCCNC(=O)Oc1ccc([N+](=O)[O-])cc1. The summed E-state index contributed by atoms with van der Waals surface area (Å²) < 4.78 is 31.9. The van der Waals surface area contributed by atoms with E-state index < -0.39 is 46.5 Å². The normalized spacial score (nSPS) is 10.5. The van der Waals surface area contributed by atoms with Crippen molar-refractivity contribution in [2.24, 2.45) is 5.11 Å². The Morgan fingerprint density at radius 3 is 1.46 bits per heavy atom. The smallest absolute Gasteiger partial charge is 0.410 e. The van der Waals surface area contributed by atoms with Crippen molar-refractivity contribution >= 4 is 47.2 Å². The van der Waals surface area contributed by atoms with Gasteiger partial charge in [-0.3, -0.25) is 38.9 Å². The number of amides is 7. The van der Waals surface area contributed by atoms with Gasteiger partial charge in [-0.05, 0) is 24.1 Å². The average Bonchev–Trinajstić information content (AvgIpc) is 3.24. The Labute approximate surface area is 364 Å². The van der Waals surface area contributed by atoms with Crippen molar-refractivity contribution in [2.75, 3.05) is 154 Å². The Morgan fingerprint density at radius 2 is 1.02 bits per heavy atom. The van der Waals surface area contributed by atoms with Crippen LogP contribution < -0.4 is 15.4 Å². The molecule has 0 aromatic heterocycles. The summed E-state index contributed by atoms with van der Waals surface area (Å²) in [6, 6.07) is 5.10. The van der Waals surface area contributed by atoms with Gasteiger partial charge < -0.3 is 63.6 Å². The van der Waals surface area contributed by atoms with Crippen molar-refractivity contribution < 1.29 is 66.9 Å². The lowest BCUT2D eigenvalue weighted by Gasteiger charge is -2.26. The number of ether oxygens (including phenoxy) is 6. The summed E-state index contributed by atoms with van der Waals surface area (Å²) in [6.07, 6.45) is -0.277. The Morgan fingerprint density at radius 1 is 0.603 bits per heavy atom. The number of carbonyl (C=O) groups is 7. The first-order valence-electron chi connectivity index (χ1n) is 19.6. The molecule has 0 spiro atoms. The maximum Gasteiger partial charge on any atom is 0.412 e. The molecule has 26 heteroatoms. The molecular weight excluding hydrogens is 838 g/mol. The molecule has 26 nitrogen and oxygen atoms in total.